The highest BCUT2D eigenvalue weighted by Crippen LogP contribution is 2.27. The summed E-state index contributed by atoms with van der Waals surface area (Å²) in [5.41, 5.74) is 1.11. The molecule has 3 aromatic rings. The van der Waals surface area contributed by atoms with Gasteiger partial charge in [-0.15, -0.1) is 0 Å². The fourth-order valence-corrected chi connectivity index (χ4v) is 4.80. The van der Waals surface area contributed by atoms with E-state index in [9.17, 15) is 18.0 Å². The molecule has 160 valence electrons. The highest BCUT2D eigenvalue weighted by Gasteiger charge is 2.24. The average molecular weight is 430 g/mol. The molecule has 3 rings (SSSR count). The largest absolute Gasteiger partial charge is 0.326 e. The molecule has 3 N–H and O–H groups in total. The molecule has 0 unspecified atom stereocenters. The quantitative estimate of drug-likeness (QED) is 0.534. The first-order valence-electron chi connectivity index (χ1n) is 10.0. The van der Waals surface area contributed by atoms with Gasteiger partial charge in [-0.05, 0) is 47.6 Å². The van der Waals surface area contributed by atoms with Crippen molar-refractivity contribution in [2.45, 2.75) is 51.0 Å². The molecule has 0 spiro atoms. The van der Waals surface area contributed by atoms with E-state index in [1.54, 1.807) is 0 Å². The Labute approximate surface area is 175 Å². The van der Waals surface area contributed by atoms with E-state index in [0.29, 0.717) is 5.92 Å². The zero-order chi connectivity index (χ0) is 22.1. The Bertz CT molecular complexity index is 1260. The van der Waals surface area contributed by atoms with Crippen LogP contribution in [0.5, 0.6) is 0 Å². The maximum absolute atomic E-state index is 13.1. The number of aromatic nitrogens is 2. The van der Waals surface area contributed by atoms with Crippen LogP contribution in [0.2, 0.25) is 0 Å². The molecule has 0 bridgehead atoms. The Morgan fingerprint density at radius 2 is 1.57 bits per heavy atom. The van der Waals surface area contributed by atoms with Crippen LogP contribution in [0.25, 0.3) is 10.9 Å². The highest BCUT2D eigenvalue weighted by atomic mass is 32.2. The second kappa shape index (κ2) is 8.57. The SMILES string of the molecule is CC[C@@H](C)c1ccc([C@@H](NS(=O)(=O)c2ccc3[nH]c(=O)[nH]c(=O)c3c2)C(C)C)cc1. The fraction of sp³-hybridized carbons (Fsp3) is 0.364. The molecule has 30 heavy (non-hydrogen) atoms. The first-order chi connectivity index (χ1) is 14.1. The van der Waals surface area contributed by atoms with Crippen molar-refractivity contribution in [1.82, 2.24) is 14.7 Å². The summed E-state index contributed by atoms with van der Waals surface area (Å²) in [5.74, 6) is 0.449. The summed E-state index contributed by atoms with van der Waals surface area (Å²) in [6.45, 7) is 8.19. The van der Waals surface area contributed by atoms with Gasteiger partial charge in [-0.25, -0.2) is 17.9 Å². The minimum absolute atomic E-state index is 0.00874. The molecule has 0 radical (unpaired) electrons. The number of fused-ring (bicyclic) bond motifs is 1. The summed E-state index contributed by atoms with van der Waals surface area (Å²) < 4.78 is 28.9. The van der Waals surface area contributed by atoms with E-state index in [0.717, 1.165) is 12.0 Å². The third-order valence-electron chi connectivity index (χ3n) is 5.45. The standard InChI is InChI=1S/C22H27N3O4S/c1-5-14(4)15-6-8-16(9-7-15)20(13(2)3)25-30(28,29)17-10-11-19-18(12-17)21(26)24-22(27)23-19/h6-14,20,25H,5H2,1-4H3,(H2,23,24,26,27)/t14-,20+/m1/s1. The van der Waals surface area contributed by atoms with Crippen LogP contribution in [-0.2, 0) is 10.0 Å². The molecule has 0 fully saturated rings. The first-order valence-corrected chi connectivity index (χ1v) is 11.5. The monoisotopic (exact) mass is 429 g/mol. The van der Waals surface area contributed by atoms with Crippen LogP contribution in [0.15, 0.2) is 56.9 Å². The number of hydrogen-bond acceptors (Lipinski definition) is 4. The first kappa shape index (κ1) is 22.0. The summed E-state index contributed by atoms with van der Waals surface area (Å²) in [4.78, 5) is 28.0. The molecule has 2 atom stereocenters. The van der Waals surface area contributed by atoms with Gasteiger partial charge < -0.3 is 4.98 Å². The average Bonchev–Trinajstić information content (AvgIpc) is 2.71. The second-order valence-corrected chi connectivity index (χ2v) is 9.65. The molecule has 2 aromatic carbocycles. The lowest BCUT2D eigenvalue weighted by atomic mass is 9.93. The van der Waals surface area contributed by atoms with Crippen molar-refractivity contribution in [1.29, 1.82) is 0 Å². The van der Waals surface area contributed by atoms with Crippen molar-refractivity contribution in [3.05, 3.63) is 74.4 Å². The Kier molecular flexibility index (Phi) is 6.28. The van der Waals surface area contributed by atoms with Gasteiger partial charge in [-0.2, -0.15) is 0 Å². The smallest absolute Gasteiger partial charge is 0.307 e. The highest BCUT2D eigenvalue weighted by molar-refractivity contribution is 7.89. The number of aromatic amines is 2. The molecule has 8 heteroatoms. The normalized spacial score (nSPS) is 14.2. The van der Waals surface area contributed by atoms with Crippen LogP contribution in [0, 0.1) is 5.92 Å². The van der Waals surface area contributed by atoms with E-state index < -0.39 is 27.3 Å². The number of nitrogens with one attached hydrogen (secondary N) is 3. The van der Waals surface area contributed by atoms with Crippen LogP contribution in [-0.4, -0.2) is 18.4 Å². The third kappa shape index (κ3) is 4.55. The lowest BCUT2D eigenvalue weighted by Crippen LogP contribution is -2.32. The molecule has 1 heterocycles. The van der Waals surface area contributed by atoms with Gasteiger partial charge in [0.05, 0.1) is 15.8 Å². The van der Waals surface area contributed by atoms with E-state index in [1.165, 1.54) is 23.8 Å². The van der Waals surface area contributed by atoms with Crippen molar-refractivity contribution in [2.24, 2.45) is 5.92 Å². The van der Waals surface area contributed by atoms with Crippen LogP contribution >= 0.6 is 0 Å². The van der Waals surface area contributed by atoms with Crippen molar-refractivity contribution in [3.8, 4) is 0 Å². The van der Waals surface area contributed by atoms with Gasteiger partial charge in [0.15, 0.2) is 0 Å². The van der Waals surface area contributed by atoms with Crippen molar-refractivity contribution >= 4 is 20.9 Å². The van der Waals surface area contributed by atoms with Crippen molar-refractivity contribution < 1.29 is 8.42 Å². The van der Waals surface area contributed by atoms with E-state index in [2.05, 4.69) is 28.5 Å². The molecule has 0 saturated carbocycles. The molecule has 0 amide bonds. The number of rotatable bonds is 7. The maximum atomic E-state index is 13.1. The van der Waals surface area contributed by atoms with Gasteiger partial charge in [0.2, 0.25) is 10.0 Å². The second-order valence-electron chi connectivity index (χ2n) is 7.93. The summed E-state index contributed by atoms with van der Waals surface area (Å²) in [6, 6.07) is 11.7. The minimum atomic E-state index is -3.90. The van der Waals surface area contributed by atoms with Gasteiger partial charge in [0.25, 0.3) is 5.56 Å². The predicted octanol–water partition coefficient (Wildman–Crippen LogP) is 3.41. The zero-order valence-corrected chi connectivity index (χ0v) is 18.3. The number of hydrogen-bond donors (Lipinski definition) is 3. The predicted molar refractivity (Wildman–Crippen MR) is 118 cm³/mol. The van der Waals surface area contributed by atoms with E-state index in [-0.39, 0.29) is 21.7 Å². The molecular formula is C22H27N3O4S. The zero-order valence-electron chi connectivity index (χ0n) is 17.5. The number of H-pyrrole nitrogens is 2. The number of sulfonamides is 1. The molecule has 0 saturated heterocycles. The molecule has 1 aromatic heterocycles. The molecule has 0 aliphatic rings. The Morgan fingerprint density at radius 1 is 0.933 bits per heavy atom. The Morgan fingerprint density at radius 3 is 2.17 bits per heavy atom. The summed E-state index contributed by atoms with van der Waals surface area (Å²) >= 11 is 0. The van der Waals surface area contributed by atoms with Crippen LogP contribution < -0.4 is 16.0 Å². The Balaban J connectivity index is 1.96. The number of benzene rings is 2. The molecule has 0 aliphatic carbocycles. The Hall–Kier alpha value is -2.71. The topological polar surface area (TPSA) is 112 Å². The minimum Gasteiger partial charge on any atom is -0.307 e. The van der Waals surface area contributed by atoms with Crippen molar-refractivity contribution in [3.63, 3.8) is 0 Å². The molecular weight excluding hydrogens is 402 g/mol. The molecule has 0 aliphatic heterocycles. The fourth-order valence-electron chi connectivity index (χ4n) is 3.40. The van der Waals surface area contributed by atoms with E-state index in [4.69, 9.17) is 0 Å². The van der Waals surface area contributed by atoms with E-state index >= 15 is 0 Å². The summed E-state index contributed by atoms with van der Waals surface area (Å²) in [7, 11) is -3.90. The molecule has 7 nitrogen and oxygen atoms in total. The van der Waals surface area contributed by atoms with Gasteiger partial charge >= 0.3 is 5.69 Å². The van der Waals surface area contributed by atoms with Gasteiger partial charge in [-0.3, -0.25) is 9.78 Å². The van der Waals surface area contributed by atoms with E-state index in [1.807, 2.05) is 38.1 Å². The van der Waals surface area contributed by atoms with Gasteiger partial charge in [0, 0.05) is 6.04 Å². The van der Waals surface area contributed by atoms with Crippen LogP contribution in [0.4, 0.5) is 0 Å². The van der Waals surface area contributed by atoms with Gasteiger partial charge in [-0.1, -0.05) is 52.0 Å². The lowest BCUT2D eigenvalue weighted by molar-refractivity contribution is 0.463. The summed E-state index contributed by atoms with van der Waals surface area (Å²) in [5, 5.41) is 0.108. The van der Waals surface area contributed by atoms with Crippen LogP contribution in [0.1, 0.15) is 57.2 Å². The lowest BCUT2D eigenvalue weighted by Gasteiger charge is -2.23. The van der Waals surface area contributed by atoms with Crippen molar-refractivity contribution in [2.75, 3.05) is 0 Å². The maximum Gasteiger partial charge on any atom is 0.326 e. The van der Waals surface area contributed by atoms with Gasteiger partial charge in [0.1, 0.15) is 0 Å². The van der Waals surface area contributed by atoms with Crippen LogP contribution in [0.3, 0.4) is 0 Å². The third-order valence-corrected chi connectivity index (χ3v) is 6.89. The summed E-state index contributed by atoms with van der Waals surface area (Å²) in [6.07, 6.45) is 1.03.